The standard InChI is InChI=1S/C20H27N3O3S/c1-4-23(5-2)18(16-10-11-27-14-16)12-21-19(24)13-22-20(25)15-6-8-17(26-3)9-7-15/h6-11,14,18H,4-5,12-13H2,1-3H3,(H,21,24)(H,22,25). The van der Waals surface area contributed by atoms with E-state index in [4.69, 9.17) is 4.74 Å². The number of likely N-dealkylation sites (N-methyl/N-ethyl adjacent to an activating group) is 1. The maximum Gasteiger partial charge on any atom is 0.251 e. The molecular formula is C20H27N3O3S. The van der Waals surface area contributed by atoms with Crippen LogP contribution < -0.4 is 15.4 Å². The minimum Gasteiger partial charge on any atom is -0.497 e. The van der Waals surface area contributed by atoms with E-state index in [1.165, 1.54) is 5.56 Å². The summed E-state index contributed by atoms with van der Waals surface area (Å²) in [6, 6.07) is 8.98. The predicted molar refractivity (Wildman–Crippen MR) is 108 cm³/mol. The van der Waals surface area contributed by atoms with Crippen LogP contribution in [-0.4, -0.2) is 50.0 Å². The second-order valence-corrected chi connectivity index (χ2v) is 6.79. The van der Waals surface area contributed by atoms with Crippen LogP contribution in [-0.2, 0) is 4.79 Å². The number of carbonyl (C=O) groups excluding carboxylic acids is 2. The Hall–Kier alpha value is -2.38. The van der Waals surface area contributed by atoms with E-state index in [0.29, 0.717) is 17.9 Å². The van der Waals surface area contributed by atoms with Gasteiger partial charge in [-0.2, -0.15) is 11.3 Å². The highest BCUT2D eigenvalue weighted by molar-refractivity contribution is 7.07. The van der Waals surface area contributed by atoms with Crippen LogP contribution in [0.1, 0.15) is 35.8 Å². The molecule has 0 spiro atoms. The molecule has 0 aliphatic heterocycles. The van der Waals surface area contributed by atoms with Gasteiger partial charge in [0.2, 0.25) is 5.91 Å². The molecule has 2 amide bonds. The topological polar surface area (TPSA) is 70.7 Å². The summed E-state index contributed by atoms with van der Waals surface area (Å²) < 4.78 is 5.07. The van der Waals surface area contributed by atoms with Gasteiger partial charge in [0, 0.05) is 12.1 Å². The van der Waals surface area contributed by atoms with Gasteiger partial charge in [0.05, 0.1) is 19.7 Å². The molecular weight excluding hydrogens is 362 g/mol. The summed E-state index contributed by atoms with van der Waals surface area (Å²) in [6.07, 6.45) is 0. The van der Waals surface area contributed by atoms with Gasteiger partial charge in [-0.15, -0.1) is 0 Å². The lowest BCUT2D eigenvalue weighted by Gasteiger charge is -2.29. The number of rotatable bonds is 10. The molecule has 1 heterocycles. The van der Waals surface area contributed by atoms with E-state index >= 15 is 0 Å². The van der Waals surface area contributed by atoms with E-state index in [-0.39, 0.29) is 24.4 Å². The lowest BCUT2D eigenvalue weighted by Crippen LogP contribution is -2.42. The molecule has 1 aromatic heterocycles. The van der Waals surface area contributed by atoms with Crippen LogP contribution in [0.4, 0.5) is 0 Å². The first-order chi connectivity index (χ1) is 13.1. The molecule has 1 unspecified atom stereocenters. The van der Waals surface area contributed by atoms with Crippen LogP contribution >= 0.6 is 11.3 Å². The predicted octanol–water partition coefficient (Wildman–Crippen LogP) is 2.69. The minimum absolute atomic E-state index is 0.0561. The van der Waals surface area contributed by atoms with Gasteiger partial charge in [-0.25, -0.2) is 0 Å². The Morgan fingerprint density at radius 1 is 1.11 bits per heavy atom. The highest BCUT2D eigenvalue weighted by Gasteiger charge is 2.19. The van der Waals surface area contributed by atoms with Gasteiger partial charge >= 0.3 is 0 Å². The largest absolute Gasteiger partial charge is 0.497 e. The molecule has 0 fully saturated rings. The van der Waals surface area contributed by atoms with E-state index < -0.39 is 0 Å². The fourth-order valence-electron chi connectivity index (χ4n) is 2.86. The smallest absolute Gasteiger partial charge is 0.251 e. The molecule has 0 saturated heterocycles. The zero-order valence-corrected chi connectivity index (χ0v) is 16.8. The van der Waals surface area contributed by atoms with Crippen molar-refractivity contribution in [3.8, 4) is 5.75 Å². The molecule has 6 nitrogen and oxygen atoms in total. The van der Waals surface area contributed by atoms with E-state index in [2.05, 4.69) is 40.8 Å². The normalized spacial score (nSPS) is 11.9. The van der Waals surface area contributed by atoms with Crippen LogP contribution in [0.25, 0.3) is 0 Å². The number of amides is 2. The highest BCUT2D eigenvalue weighted by Crippen LogP contribution is 2.22. The lowest BCUT2D eigenvalue weighted by molar-refractivity contribution is -0.120. The molecule has 0 aliphatic carbocycles. The molecule has 0 bridgehead atoms. The number of carbonyl (C=O) groups is 2. The van der Waals surface area contributed by atoms with E-state index in [1.807, 2.05) is 5.38 Å². The van der Waals surface area contributed by atoms with Crippen LogP contribution in [0.2, 0.25) is 0 Å². The quantitative estimate of drug-likeness (QED) is 0.655. The Kier molecular flexibility index (Phi) is 8.29. The summed E-state index contributed by atoms with van der Waals surface area (Å²) in [4.78, 5) is 26.6. The van der Waals surface area contributed by atoms with Crippen LogP contribution in [0.15, 0.2) is 41.1 Å². The third-order valence-corrected chi connectivity index (χ3v) is 5.14. The molecule has 1 atom stereocenters. The first-order valence-electron chi connectivity index (χ1n) is 9.04. The number of benzene rings is 1. The fourth-order valence-corrected chi connectivity index (χ4v) is 3.57. The van der Waals surface area contributed by atoms with Gasteiger partial charge < -0.3 is 15.4 Å². The van der Waals surface area contributed by atoms with Crippen molar-refractivity contribution in [2.24, 2.45) is 0 Å². The van der Waals surface area contributed by atoms with Crippen molar-refractivity contribution in [1.82, 2.24) is 15.5 Å². The van der Waals surface area contributed by atoms with Crippen molar-refractivity contribution in [3.63, 3.8) is 0 Å². The second kappa shape index (κ2) is 10.7. The number of ether oxygens (including phenoxy) is 1. The second-order valence-electron chi connectivity index (χ2n) is 6.01. The third kappa shape index (κ3) is 6.08. The summed E-state index contributed by atoms with van der Waals surface area (Å²) in [7, 11) is 1.57. The zero-order chi connectivity index (χ0) is 19.6. The monoisotopic (exact) mass is 389 g/mol. The molecule has 2 N–H and O–H groups in total. The summed E-state index contributed by atoms with van der Waals surface area (Å²) in [5.74, 6) is 0.190. The molecule has 27 heavy (non-hydrogen) atoms. The van der Waals surface area contributed by atoms with Gasteiger partial charge in [0.1, 0.15) is 5.75 Å². The number of hydrogen-bond acceptors (Lipinski definition) is 5. The van der Waals surface area contributed by atoms with Gasteiger partial charge in [-0.1, -0.05) is 13.8 Å². The maximum absolute atomic E-state index is 12.2. The first kappa shape index (κ1) is 20.9. The molecule has 0 radical (unpaired) electrons. The van der Waals surface area contributed by atoms with Gasteiger partial charge in [0.15, 0.2) is 0 Å². The number of methoxy groups -OCH3 is 1. The van der Waals surface area contributed by atoms with Crippen molar-refractivity contribution in [3.05, 3.63) is 52.2 Å². The Bertz CT molecular complexity index is 713. The minimum atomic E-state index is -0.286. The summed E-state index contributed by atoms with van der Waals surface area (Å²) in [5.41, 5.74) is 1.69. The number of thiophene rings is 1. The van der Waals surface area contributed by atoms with Crippen LogP contribution in [0.5, 0.6) is 5.75 Å². The SMILES string of the molecule is CCN(CC)C(CNC(=O)CNC(=O)c1ccc(OC)cc1)c1ccsc1. The van der Waals surface area contributed by atoms with E-state index in [9.17, 15) is 9.59 Å². The van der Waals surface area contributed by atoms with Crippen molar-refractivity contribution in [2.75, 3.05) is 33.3 Å². The lowest BCUT2D eigenvalue weighted by atomic mass is 10.1. The summed E-state index contributed by atoms with van der Waals surface area (Å²) in [6.45, 7) is 6.48. The van der Waals surface area contributed by atoms with Crippen molar-refractivity contribution >= 4 is 23.2 Å². The maximum atomic E-state index is 12.2. The zero-order valence-electron chi connectivity index (χ0n) is 16.0. The van der Waals surface area contributed by atoms with Crippen LogP contribution in [0.3, 0.4) is 0 Å². The molecule has 146 valence electrons. The molecule has 0 saturated carbocycles. The van der Waals surface area contributed by atoms with Crippen molar-refractivity contribution < 1.29 is 14.3 Å². The van der Waals surface area contributed by atoms with Crippen molar-refractivity contribution in [1.29, 1.82) is 0 Å². The van der Waals surface area contributed by atoms with Gasteiger partial charge in [-0.3, -0.25) is 14.5 Å². The number of nitrogens with zero attached hydrogens (tertiary/aromatic N) is 1. The number of nitrogens with one attached hydrogen (secondary N) is 2. The average molecular weight is 390 g/mol. The first-order valence-corrected chi connectivity index (χ1v) is 9.98. The molecule has 1 aromatic carbocycles. The van der Waals surface area contributed by atoms with E-state index in [0.717, 1.165) is 13.1 Å². The van der Waals surface area contributed by atoms with Gasteiger partial charge in [-0.05, 0) is 59.7 Å². The summed E-state index contributed by atoms with van der Waals surface area (Å²) in [5, 5.41) is 9.74. The summed E-state index contributed by atoms with van der Waals surface area (Å²) >= 11 is 1.65. The molecule has 7 heteroatoms. The fraction of sp³-hybridized carbons (Fsp3) is 0.400. The molecule has 2 aromatic rings. The molecule has 0 aliphatic rings. The molecule has 2 rings (SSSR count). The Morgan fingerprint density at radius 3 is 2.37 bits per heavy atom. The third-order valence-electron chi connectivity index (χ3n) is 4.44. The van der Waals surface area contributed by atoms with E-state index in [1.54, 1.807) is 42.7 Å². The van der Waals surface area contributed by atoms with Gasteiger partial charge in [0.25, 0.3) is 5.91 Å². The highest BCUT2D eigenvalue weighted by atomic mass is 32.1. The number of hydrogen-bond donors (Lipinski definition) is 2. The van der Waals surface area contributed by atoms with Crippen LogP contribution in [0, 0.1) is 0 Å². The average Bonchev–Trinajstić information content (AvgIpc) is 3.23. The Morgan fingerprint density at radius 2 is 1.81 bits per heavy atom. The van der Waals surface area contributed by atoms with Crippen molar-refractivity contribution in [2.45, 2.75) is 19.9 Å². The Balaban J connectivity index is 1.85. The Labute approximate surface area is 164 Å².